The maximum Gasteiger partial charge on any atom is 0.416 e. The average molecular weight is 393 g/mol. The van der Waals surface area contributed by atoms with Gasteiger partial charge in [-0.3, -0.25) is 9.59 Å². The molecule has 1 saturated heterocycles. The molecule has 0 unspecified atom stereocenters. The number of carbonyl (C=O) groups is 2. The van der Waals surface area contributed by atoms with Crippen molar-refractivity contribution in [2.75, 3.05) is 13.1 Å². The minimum Gasteiger partial charge on any atom is -0.481 e. The Morgan fingerprint density at radius 1 is 1.25 bits per heavy atom. The van der Waals surface area contributed by atoms with Gasteiger partial charge in [0.05, 0.1) is 16.7 Å². The molecule has 0 radical (unpaired) electrons. The van der Waals surface area contributed by atoms with Gasteiger partial charge in [0.25, 0.3) is 5.91 Å². The number of fused-ring (bicyclic) bond motifs is 1. The van der Waals surface area contributed by atoms with Crippen molar-refractivity contribution in [1.82, 2.24) is 14.7 Å². The second-order valence-corrected chi connectivity index (χ2v) is 7.43. The Hall–Kier alpha value is -2.84. The van der Waals surface area contributed by atoms with E-state index in [2.05, 4.69) is 5.10 Å². The minimum absolute atomic E-state index is 0.0699. The number of benzene rings is 1. The zero-order valence-corrected chi connectivity index (χ0v) is 14.8. The van der Waals surface area contributed by atoms with E-state index >= 15 is 0 Å². The highest BCUT2D eigenvalue weighted by atomic mass is 19.4. The van der Waals surface area contributed by atoms with Gasteiger partial charge in [-0.1, -0.05) is 12.5 Å². The SMILES string of the molecule is O=C(c1ccn(-c2cccc(C(F)(F)F)c2)n1)N1C[C@@H]2CCC[C@@]2(C(=O)O)C1. The van der Waals surface area contributed by atoms with E-state index in [1.807, 2.05) is 0 Å². The topological polar surface area (TPSA) is 75.4 Å². The van der Waals surface area contributed by atoms with Crippen LogP contribution < -0.4 is 0 Å². The van der Waals surface area contributed by atoms with Gasteiger partial charge in [-0.15, -0.1) is 0 Å². The van der Waals surface area contributed by atoms with Crippen LogP contribution in [0.15, 0.2) is 36.5 Å². The van der Waals surface area contributed by atoms with Crippen LogP contribution >= 0.6 is 0 Å². The minimum atomic E-state index is -4.47. The Morgan fingerprint density at radius 2 is 2.04 bits per heavy atom. The fourth-order valence-corrected chi connectivity index (χ4v) is 4.36. The van der Waals surface area contributed by atoms with E-state index < -0.39 is 29.0 Å². The van der Waals surface area contributed by atoms with Crippen LogP contribution in [-0.2, 0) is 11.0 Å². The number of hydrogen-bond acceptors (Lipinski definition) is 3. The number of carboxylic acid groups (broad SMARTS) is 1. The first-order valence-electron chi connectivity index (χ1n) is 8.97. The summed E-state index contributed by atoms with van der Waals surface area (Å²) in [6.07, 6.45) is -0.889. The van der Waals surface area contributed by atoms with Gasteiger partial charge in [-0.25, -0.2) is 4.68 Å². The molecule has 9 heteroatoms. The van der Waals surface area contributed by atoms with Crippen molar-refractivity contribution >= 4 is 11.9 Å². The quantitative estimate of drug-likeness (QED) is 0.869. The number of halogens is 3. The molecule has 2 atom stereocenters. The molecule has 1 N–H and O–H groups in total. The number of carbonyl (C=O) groups excluding carboxylic acids is 1. The summed E-state index contributed by atoms with van der Waals surface area (Å²) in [6, 6.07) is 6.11. The molecule has 1 aromatic heterocycles. The first kappa shape index (κ1) is 18.5. The molecule has 1 saturated carbocycles. The van der Waals surface area contributed by atoms with Crippen molar-refractivity contribution in [3.8, 4) is 5.69 Å². The highest BCUT2D eigenvalue weighted by molar-refractivity contribution is 5.93. The number of aliphatic carboxylic acids is 1. The number of aromatic nitrogens is 2. The lowest BCUT2D eigenvalue weighted by molar-refractivity contribution is -0.149. The number of nitrogens with zero attached hydrogens (tertiary/aromatic N) is 3. The molecule has 1 aliphatic heterocycles. The van der Waals surface area contributed by atoms with E-state index in [9.17, 15) is 27.9 Å². The molecule has 2 fully saturated rings. The average Bonchev–Trinajstić information content (AvgIpc) is 3.34. The van der Waals surface area contributed by atoms with Crippen LogP contribution in [0.1, 0.15) is 35.3 Å². The third-order valence-electron chi connectivity index (χ3n) is 5.83. The van der Waals surface area contributed by atoms with Crippen LogP contribution in [0.5, 0.6) is 0 Å². The summed E-state index contributed by atoms with van der Waals surface area (Å²) in [5.41, 5.74) is -1.42. The summed E-state index contributed by atoms with van der Waals surface area (Å²) in [6.45, 7) is 0.504. The van der Waals surface area contributed by atoms with Gasteiger partial charge in [0, 0.05) is 19.3 Å². The normalized spacial score (nSPS) is 24.4. The van der Waals surface area contributed by atoms with Crippen molar-refractivity contribution in [2.24, 2.45) is 11.3 Å². The molecule has 0 bridgehead atoms. The number of likely N-dealkylation sites (tertiary alicyclic amines) is 1. The van der Waals surface area contributed by atoms with E-state index in [4.69, 9.17) is 0 Å². The number of alkyl halides is 3. The lowest BCUT2D eigenvalue weighted by Gasteiger charge is -2.23. The Kier molecular flexibility index (Phi) is 4.20. The first-order valence-corrected chi connectivity index (χ1v) is 8.97. The van der Waals surface area contributed by atoms with Crippen LogP contribution in [-0.4, -0.2) is 44.8 Å². The van der Waals surface area contributed by atoms with E-state index in [0.717, 1.165) is 25.0 Å². The van der Waals surface area contributed by atoms with Gasteiger partial charge < -0.3 is 10.0 Å². The lowest BCUT2D eigenvalue weighted by Crippen LogP contribution is -2.37. The fraction of sp³-hybridized carbons (Fsp3) is 0.421. The number of rotatable bonds is 3. The molecule has 1 amide bonds. The van der Waals surface area contributed by atoms with Crippen LogP contribution in [0.4, 0.5) is 13.2 Å². The van der Waals surface area contributed by atoms with Crippen molar-refractivity contribution in [3.63, 3.8) is 0 Å². The van der Waals surface area contributed by atoms with Gasteiger partial charge in [0.15, 0.2) is 5.69 Å². The zero-order chi connectivity index (χ0) is 20.1. The second kappa shape index (κ2) is 6.35. The molecule has 2 aliphatic rings. The van der Waals surface area contributed by atoms with E-state index in [1.165, 1.54) is 34.0 Å². The van der Waals surface area contributed by atoms with Crippen molar-refractivity contribution in [2.45, 2.75) is 25.4 Å². The van der Waals surface area contributed by atoms with Gasteiger partial charge in [0.1, 0.15) is 0 Å². The predicted octanol–water partition coefficient (Wildman–Crippen LogP) is 3.22. The summed E-state index contributed by atoms with van der Waals surface area (Å²) in [7, 11) is 0. The van der Waals surface area contributed by atoms with Crippen molar-refractivity contribution in [1.29, 1.82) is 0 Å². The standard InChI is InChI=1S/C19H18F3N3O3/c20-19(21,22)12-3-1-5-14(9-12)25-8-6-15(23-25)16(26)24-10-13-4-2-7-18(13,11-24)17(27)28/h1,3,5-6,8-9,13H,2,4,7,10-11H2,(H,27,28)/t13-,18+/m0/s1. The van der Waals surface area contributed by atoms with Gasteiger partial charge >= 0.3 is 12.1 Å². The smallest absolute Gasteiger partial charge is 0.416 e. The van der Waals surface area contributed by atoms with E-state index in [1.54, 1.807) is 0 Å². The van der Waals surface area contributed by atoms with Crippen LogP contribution in [0.25, 0.3) is 5.69 Å². The van der Waals surface area contributed by atoms with Crippen LogP contribution in [0.3, 0.4) is 0 Å². The molecular formula is C19H18F3N3O3. The summed E-state index contributed by atoms with van der Waals surface area (Å²) >= 11 is 0. The molecule has 6 nitrogen and oxygen atoms in total. The van der Waals surface area contributed by atoms with E-state index in [0.29, 0.717) is 13.0 Å². The maximum absolute atomic E-state index is 12.9. The summed E-state index contributed by atoms with van der Waals surface area (Å²) in [5.74, 6) is -1.35. The Balaban J connectivity index is 1.56. The van der Waals surface area contributed by atoms with Gasteiger partial charge in [-0.05, 0) is 43.0 Å². The van der Waals surface area contributed by atoms with Gasteiger partial charge in [-0.2, -0.15) is 18.3 Å². The first-order chi connectivity index (χ1) is 13.2. The fourth-order valence-electron chi connectivity index (χ4n) is 4.36. The van der Waals surface area contributed by atoms with Crippen molar-refractivity contribution < 1.29 is 27.9 Å². The maximum atomic E-state index is 12.9. The molecular weight excluding hydrogens is 375 g/mol. The molecule has 1 aliphatic carbocycles. The highest BCUT2D eigenvalue weighted by Gasteiger charge is 2.56. The summed E-state index contributed by atoms with van der Waals surface area (Å²) < 4.78 is 39.9. The zero-order valence-electron chi connectivity index (χ0n) is 14.8. The second-order valence-electron chi connectivity index (χ2n) is 7.43. The number of hydrogen-bond donors (Lipinski definition) is 1. The largest absolute Gasteiger partial charge is 0.481 e. The summed E-state index contributed by atoms with van der Waals surface area (Å²) in [5, 5.41) is 13.8. The monoisotopic (exact) mass is 393 g/mol. The number of carboxylic acids is 1. The summed E-state index contributed by atoms with van der Waals surface area (Å²) in [4.78, 5) is 26.0. The Bertz CT molecular complexity index is 940. The van der Waals surface area contributed by atoms with Crippen LogP contribution in [0, 0.1) is 11.3 Å². The van der Waals surface area contributed by atoms with E-state index in [-0.39, 0.29) is 23.8 Å². The molecule has 1 aromatic carbocycles. The van der Waals surface area contributed by atoms with Crippen molar-refractivity contribution in [3.05, 3.63) is 47.8 Å². The molecule has 4 rings (SSSR count). The van der Waals surface area contributed by atoms with Crippen LogP contribution in [0.2, 0.25) is 0 Å². The lowest BCUT2D eigenvalue weighted by atomic mass is 9.81. The third kappa shape index (κ3) is 2.94. The Morgan fingerprint density at radius 3 is 2.71 bits per heavy atom. The molecule has 28 heavy (non-hydrogen) atoms. The molecule has 0 spiro atoms. The molecule has 2 aromatic rings. The third-order valence-corrected chi connectivity index (χ3v) is 5.83. The highest BCUT2D eigenvalue weighted by Crippen LogP contribution is 2.49. The predicted molar refractivity (Wildman–Crippen MR) is 91.9 cm³/mol. The van der Waals surface area contributed by atoms with Gasteiger partial charge in [0.2, 0.25) is 0 Å². The Labute approximate surface area is 158 Å². The number of amides is 1. The molecule has 2 heterocycles. The molecule has 148 valence electrons.